The van der Waals surface area contributed by atoms with Crippen LogP contribution in [0.4, 0.5) is 5.69 Å². The molecule has 0 aliphatic carbocycles. The van der Waals surface area contributed by atoms with E-state index in [1.165, 1.54) is 0 Å². The molecule has 1 fully saturated rings. The summed E-state index contributed by atoms with van der Waals surface area (Å²) in [7, 11) is 0. The van der Waals surface area contributed by atoms with Crippen LogP contribution in [-0.4, -0.2) is 31.2 Å². The van der Waals surface area contributed by atoms with Crippen molar-refractivity contribution in [3.63, 3.8) is 0 Å². The number of nitrogens with zero attached hydrogens (tertiary/aromatic N) is 2. The number of rotatable bonds is 6. The first-order valence-corrected chi connectivity index (χ1v) is 8.58. The van der Waals surface area contributed by atoms with Crippen molar-refractivity contribution in [2.75, 3.05) is 18.1 Å². The molecular formula is C20H21N3O3. The molecule has 0 unspecified atom stereocenters. The summed E-state index contributed by atoms with van der Waals surface area (Å²) in [6, 6.07) is 16.8. The minimum atomic E-state index is -0.415. The standard InChI is InChI=1S/C20H21N3O3/c1-2-26-18-10-8-17(9-11-18)23-14-16(12-19(23)24)20(25)22-21-13-15-6-4-3-5-7-15/h3-11,13,16H,2,12,14H2,1H3,(H,22,25)/b21-13-/t16-/m1/s1. The topological polar surface area (TPSA) is 71.0 Å². The Hall–Kier alpha value is -3.15. The highest BCUT2D eigenvalue weighted by Gasteiger charge is 2.35. The average molecular weight is 351 g/mol. The van der Waals surface area contributed by atoms with Crippen LogP contribution in [0.5, 0.6) is 5.75 Å². The third kappa shape index (κ3) is 4.27. The zero-order valence-electron chi connectivity index (χ0n) is 14.6. The van der Waals surface area contributed by atoms with Crippen LogP contribution in [0, 0.1) is 5.92 Å². The predicted octanol–water partition coefficient (Wildman–Crippen LogP) is 2.59. The summed E-state index contributed by atoms with van der Waals surface area (Å²) in [6.07, 6.45) is 1.76. The van der Waals surface area contributed by atoms with Crippen LogP contribution in [0.3, 0.4) is 0 Å². The molecular weight excluding hydrogens is 330 g/mol. The maximum absolute atomic E-state index is 12.3. The van der Waals surface area contributed by atoms with E-state index in [9.17, 15) is 9.59 Å². The number of hydrogen-bond acceptors (Lipinski definition) is 4. The van der Waals surface area contributed by atoms with Gasteiger partial charge in [-0.1, -0.05) is 30.3 Å². The van der Waals surface area contributed by atoms with Crippen LogP contribution in [-0.2, 0) is 9.59 Å². The lowest BCUT2D eigenvalue weighted by molar-refractivity contribution is -0.126. The molecule has 1 saturated heterocycles. The lowest BCUT2D eigenvalue weighted by Gasteiger charge is -2.17. The molecule has 3 rings (SSSR count). The highest BCUT2D eigenvalue weighted by Crippen LogP contribution is 2.27. The van der Waals surface area contributed by atoms with E-state index in [-0.39, 0.29) is 18.2 Å². The summed E-state index contributed by atoms with van der Waals surface area (Å²) < 4.78 is 5.41. The summed E-state index contributed by atoms with van der Waals surface area (Å²) in [6.45, 7) is 2.86. The Balaban J connectivity index is 1.58. The van der Waals surface area contributed by atoms with Crippen molar-refractivity contribution in [1.29, 1.82) is 0 Å². The molecule has 1 aliphatic heterocycles. The molecule has 1 atom stereocenters. The van der Waals surface area contributed by atoms with Gasteiger partial charge in [0.15, 0.2) is 0 Å². The maximum atomic E-state index is 12.3. The van der Waals surface area contributed by atoms with Gasteiger partial charge in [-0.15, -0.1) is 0 Å². The van der Waals surface area contributed by atoms with Gasteiger partial charge >= 0.3 is 0 Å². The second kappa shape index (κ2) is 8.29. The Morgan fingerprint density at radius 2 is 1.96 bits per heavy atom. The molecule has 6 heteroatoms. The van der Waals surface area contributed by atoms with Crippen LogP contribution < -0.4 is 15.1 Å². The summed E-state index contributed by atoms with van der Waals surface area (Å²) in [5.41, 5.74) is 4.18. The van der Waals surface area contributed by atoms with Gasteiger partial charge in [0.1, 0.15) is 5.75 Å². The molecule has 134 valence electrons. The fourth-order valence-corrected chi connectivity index (χ4v) is 2.82. The van der Waals surface area contributed by atoms with Gasteiger partial charge in [-0.3, -0.25) is 9.59 Å². The number of carbonyl (C=O) groups excluding carboxylic acids is 2. The summed E-state index contributed by atoms with van der Waals surface area (Å²) in [5.74, 6) is 0.0229. The first-order chi connectivity index (χ1) is 12.7. The van der Waals surface area contributed by atoms with E-state index in [4.69, 9.17) is 4.74 Å². The van der Waals surface area contributed by atoms with Crippen molar-refractivity contribution in [2.45, 2.75) is 13.3 Å². The zero-order valence-corrected chi connectivity index (χ0v) is 14.6. The summed E-state index contributed by atoms with van der Waals surface area (Å²) in [5, 5.41) is 3.97. The van der Waals surface area contributed by atoms with Crippen LogP contribution in [0.1, 0.15) is 18.9 Å². The lowest BCUT2D eigenvalue weighted by Crippen LogP contribution is -2.30. The van der Waals surface area contributed by atoms with Gasteiger partial charge in [-0.25, -0.2) is 5.43 Å². The molecule has 1 heterocycles. The second-order valence-corrected chi connectivity index (χ2v) is 5.98. The number of hydrogen-bond donors (Lipinski definition) is 1. The molecule has 6 nitrogen and oxygen atoms in total. The Bertz CT molecular complexity index is 788. The van der Waals surface area contributed by atoms with Crippen LogP contribution >= 0.6 is 0 Å². The first-order valence-electron chi connectivity index (χ1n) is 8.58. The molecule has 2 aromatic carbocycles. The van der Waals surface area contributed by atoms with E-state index in [0.717, 1.165) is 17.0 Å². The van der Waals surface area contributed by atoms with Crippen molar-refractivity contribution in [1.82, 2.24) is 5.43 Å². The molecule has 0 spiro atoms. The Morgan fingerprint density at radius 3 is 2.65 bits per heavy atom. The van der Waals surface area contributed by atoms with Crippen LogP contribution in [0.25, 0.3) is 0 Å². The number of ether oxygens (including phenoxy) is 1. The lowest BCUT2D eigenvalue weighted by atomic mass is 10.1. The van der Waals surface area contributed by atoms with Gasteiger partial charge in [0.05, 0.1) is 18.7 Å². The van der Waals surface area contributed by atoms with Crippen molar-refractivity contribution < 1.29 is 14.3 Å². The van der Waals surface area contributed by atoms with Gasteiger partial charge in [0, 0.05) is 18.7 Å². The molecule has 0 saturated carbocycles. The number of carbonyl (C=O) groups is 2. The Labute approximate surface area is 152 Å². The molecule has 0 aromatic heterocycles. The third-order valence-electron chi connectivity index (χ3n) is 4.14. The number of hydrazone groups is 1. The molecule has 2 aromatic rings. The van der Waals surface area contributed by atoms with Crippen molar-refractivity contribution in [3.8, 4) is 5.75 Å². The van der Waals surface area contributed by atoms with Crippen molar-refractivity contribution in [2.24, 2.45) is 11.0 Å². The average Bonchev–Trinajstić information content (AvgIpc) is 3.05. The normalized spacial score (nSPS) is 16.9. The van der Waals surface area contributed by atoms with Crippen molar-refractivity contribution in [3.05, 3.63) is 60.2 Å². The number of amides is 2. The van der Waals surface area contributed by atoms with Gasteiger partial charge in [0.2, 0.25) is 11.8 Å². The summed E-state index contributed by atoms with van der Waals surface area (Å²) >= 11 is 0. The van der Waals surface area contributed by atoms with E-state index in [0.29, 0.717) is 13.2 Å². The quantitative estimate of drug-likeness (QED) is 0.642. The molecule has 1 N–H and O–H groups in total. The first kappa shape index (κ1) is 17.7. The number of nitrogens with one attached hydrogen (secondary N) is 1. The van der Waals surface area contributed by atoms with Crippen LogP contribution in [0.15, 0.2) is 59.7 Å². The highest BCUT2D eigenvalue weighted by molar-refractivity contribution is 6.00. The second-order valence-electron chi connectivity index (χ2n) is 5.98. The van der Waals surface area contributed by atoms with Gasteiger partial charge in [-0.2, -0.15) is 5.10 Å². The fraction of sp³-hybridized carbons (Fsp3) is 0.250. The molecule has 26 heavy (non-hydrogen) atoms. The van der Waals surface area contributed by atoms with E-state index in [1.54, 1.807) is 11.1 Å². The Morgan fingerprint density at radius 1 is 1.23 bits per heavy atom. The smallest absolute Gasteiger partial charge is 0.245 e. The van der Waals surface area contributed by atoms with E-state index >= 15 is 0 Å². The predicted molar refractivity (Wildman–Crippen MR) is 100 cm³/mol. The fourth-order valence-electron chi connectivity index (χ4n) is 2.82. The minimum Gasteiger partial charge on any atom is -0.494 e. The van der Waals surface area contributed by atoms with E-state index < -0.39 is 5.92 Å². The van der Waals surface area contributed by atoms with Crippen LogP contribution in [0.2, 0.25) is 0 Å². The molecule has 0 bridgehead atoms. The van der Waals surface area contributed by atoms with Gasteiger partial charge in [-0.05, 0) is 36.8 Å². The van der Waals surface area contributed by atoms with Gasteiger partial charge in [0.25, 0.3) is 0 Å². The monoisotopic (exact) mass is 351 g/mol. The molecule has 2 amide bonds. The van der Waals surface area contributed by atoms with E-state index in [1.807, 2.05) is 61.5 Å². The molecule has 0 radical (unpaired) electrons. The zero-order chi connectivity index (χ0) is 18.4. The highest BCUT2D eigenvalue weighted by atomic mass is 16.5. The van der Waals surface area contributed by atoms with E-state index in [2.05, 4.69) is 10.5 Å². The molecule has 1 aliphatic rings. The number of benzene rings is 2. The third-order valence-corrected chi connectivity index (χ3v) is 4.14. The minimum absolute atomic E-state index is 0.0682. The SMILES string of the molecule is CCOc1ccc(N2C[C@H](C(=O)N/N=C\c3ccccc3)CC2=O)cc1. The largest absolute Gasteiger partial charge is 0.494 e. The number of anilines is 1. The summed E-state index contributed by atoms with van der Waals surface area (Å²) in [4.78, 5) is 26.2. The maximum Gasteiger partial charge on any atom is 0.245 e. The van der Waals surface area contributed by atoms with Crippen molar-refractivity contribution >= 4 is 23.7 Å². The van der Waals surface area contributed by atoms with Gasteiger partial charge < -0.3 is 9.64 Å². The Kier molecular flexibility index (Phi) is 5.63.